The van der Waals surface area contributed by atoms with Crippen molar-refractivity contribution in [1.29, 1.82) is 0 Å². The van der Waals surface area contributed by atoms with Gasteiger partial charge in [-0.05, 0) is 6.92 Å². The third kappa shape index (κ3) is 3.58. The molecule has 11 heteroatoms. The molecule has 1 saturated heterocycles. The van der Waals surface area contributed by atoms with Gasteiger partial charge in [-0.3, -0.25) is 24.5 Å². The molecule has 0 unspecified atom stereocenters. The summed E-state index contributed by atoms with van der Waals surface area (Å²) >= 11 is 0. The minimum atomic E-state index is -1.10. The second-order valence-corrected chi connectivity index (χ2v) is 6.54. The van der Waals surface area contributed by atoms with E-state index in [1.165, 1.54) is 10.9 Å². The Hall–Kier alpha value is -2.34. The van der Waals surface area contributed by atoms with Crippen LogP contribution in [0.2, 0.25) is 0 Å². The van der Waals surface area contributed by atoms with Gasteiger partial charge in [0.05, 0.1) is 12.9 Å². The predicted molar refractivity (Wildman–Crippen MR) is 94.0 cm³/mol. The fourth-order valence-electron chi connectivity index (χ4n) is 2.93. The smallest absolute Gasteiger partial charge is 0.280 e. The number of carbonyl (C=O) groups is 1. The summed E-state index contributed by atoms with van der Waals surface area (Å²) < 4.78 is 12.6. The van der Waals surface area contributed by atoms with E-state index in [1.807, 2.05) is 0 Å². The van der Waals surface area contributed by atoms with Gasteiger partial charge in [-0.25, -0.2) is 4.98 Å². The quantitative estimate of drug-likeness (QED) is 0.516. The highest BCUT2D eigenvalue weighted by Gasteiger charge is 2.45. The maximum Gasteiger partial charge on any atom is 0.280 e. The van der Waals surface area contributed by atoms with Crippen LogP contribution in [0, 0.1) is 5.92 Å². The van der Waals surface area contributed by atoms with E-state index in [2.05, 4.69) is 20.3 Å². The second kappa shape index (κ2) is 7.72. The summed E-state index contributed by atoms with van der Waals surface area (Å²) in [7, 11) is 0. The number of aliphatic hydroxyl groups is 2. The molecule has 148 valence electrons. The predicted octanol–water partition coefficient (Wildman–Crippen LogP) is -0.630. The van der Waals surface area contributed by atoms with Crippen LogP contribution in [0.1, 0.15) is 27.0 Å². The minimum Gasteiger partial charge on any atom is -0.394 e. The number of aliphatic hydroxyl groups excluding tert-OH is 2. The molecule has 4 atom stereocenters. The molecule has 3 heterocycles. The van der Waals surface area contributed by atoms with Crippen molar-refractivity contribution in [3.05, 3.63) is 16.7 Å². The number of fused-ring (bicyclic) bond motifs is 1. The molecule has 11 nitrogen and oxygen atoms in total. The molecule has 0 bridgehead atoms. The number of nitrogens with one attached hydrogen (secondary N) is 2. The number of nitrogens with zero attached hydrogens (tertiary/aromatic N) is 3. The SMILES string of the molecule is CCO[C@H]1[C@@H](O)[C@H](n2cnc3c(=O)[nH]c(NC(=O)C(C)C)nc32)O[C@@H]1CO. The van der Waals surface area contributed by atoms with Gasteiger partial charge in [-0.15, -0.1) is 0 Å². The first-order valence-corrected chi connectivity index (χ1v) is 8.71. The van der Waals surface area contributed by atoms with E-state index in [0.717, 1.165) is 0 Å². The van der Waals surface area contributed by atoms with Crippen LogP contribution >= 0.6 is 0 Å². The summed E-state index contributed by atoms with van der Waals surface area (Å²) in [5.41, 5.74) is -0.366. The monoisotopic (exact) mass is 381 g/mol. The Morgan fingerprint density at radius 1 is 1.52 bits per heavy atom. The Labute approximate surface area is 154 Å². The van der Waals surface area contributed by atoms with E-state index in [4.69, 9.17) is 9.47 Å². The van der Waals surface area contributed by atoms with Gasteiger partial charge in [-0.2, -0.15) is 4.98 Å². The highest BCUT2D eigenvalue weighted by Crippen LogP contribution is 2.32. The second-order valence-electron chi connectivity index (χ2n) is 6.54. The van der Waals surface area contributed by atoms with Crippen LogP contribution in [0.25, 0.3) is 11.2 Å². The van der Waals surface area contributed by atoms with Crippen molar-refractivity contribution in [2.75, 3.05) is 18.5 Å². The maximum atomic E-state index is 12.3. The van der Waals surface area contributed by atoms with Crippen LogP contribution in [0.5, 0.6) is 0 Å². The van der Waals surface area contributed by atoms with Crippen molar-refractivity contribution in [3.8, 4) is 0 Å². The van der Waals surface area contributed by atoms with Gasteiger partial charge in [0.25, 0.3) is 5.56 Å². The number of amides is 1. The van der Waals surface area contributed by atoms with Crippen LogP contribution in [0.4, 0.5) is 5.95 Å². The van der Waals surface area contributed by atoms with E-state index in [-0.39, 0.29) is 35.5 Å². The van der Waals surface area contributed by atoms with Crippen LogP contribution in [0.15, 0.2) is 11.1 Å². The van der Waals surface area contributed by atoms with E-state index in [1.54, 1.807) is 20.8 Å². The summed E-state index contributed by atoms with van der Waals surface area (Å²) in [4.78, 5) is 34.9. The van der Waals surface area contributed by atoms with E-state index in [0.29, 0.717) is 6.61 Å². The molecule has 1 fully saturated rings. The molecule has 1 amide bonds. The molecule has 0 radical (unpaired) electrons. The lowest BCUT2D eigenvalue weighted by Gasteiger charge is -2.19. The highest BCUT2D eigenvalue weighted by atomic mass is 16.6. The highest BCUT2D eigenvalue weighted by molar-refractivity contribution is 5.91. The summed E-state index contributed by atoms with van der Waals surface area (Å²) in [5, 5.41) is 22.6. The molecule has 2 aromatic heterocycles. The Kier molecular flexibility index (Phi) is 5.56. The average Bonchev–Trinajstić information content (AvgIpc) is 3.17. The normalized spacial score (nSPS) is 25.4. The number of hydrogen-bond acceptors (Lipinski definition) is 8. The number of carbonyl (C=O) groups excluding carboxylic acids is 1. The third-order valence-electron chi connectivity index (χ3n) is 4.32. The number of hydrogen-bond donors (Lipinski definition) is 4. The number of ether oxygens (including phenoxy) is 2. The lowest BCUT2D eigenvalue weighted by Crippen LogP contribution is -2.36. The fourth-order valence-corrected chi connectivity index (χ4v) is 2.93. The van der Waals surface area contributed by atoms with Gasteiger partial charge in [0.15, 0.2) is 17.4 Å². The molecule has 27 heavy (non-hydrogen) atoms. The summed E-state index contributed by atoms with van der Waals surface area (Å²) in [6, 6.07) is 0. The van der Waals surface area contributed by atoms with E-state index >= 15 is 0 Å². The first-order chi connectivity index (χ1) is 12.9. The first kappa shape index (κ1) is 19.4. The largest absolute Gasteiger partial charge is 0.394 e. The Morgan fingerprint density at radius 2 is 2.26 bits per heavy atom. The molecular formula is C16H23N5O6. The standard InChI is InChI=1S/C16H23N5O6/c1-4-26-11-8(5-22)27-15(10(11)23)21-6-17-9-12(21)18-16(20-14(9)25)19-13(24)7(2)3/h6-8,10-11,15,22-23H,4-5H2,1-3H3,(H2,18,19,20,24,25)/t8-,10-,11-,15-/m1/s1. The average molecular weight is 381 g/mol. The molecule has 2 aromatic rings. The number of anilines is 1. The zero-order valence-electron chi connectivity index (χ0n) is 15.2. The van der Waals surface area contributed by atoms with Crippen molar-refractivity contribution in [2.45, 2.75) is 45.3 Å². The number of aromatic amines is 1. The number of aromatic nitrogens is 4. The summed E-state index contributed by atoms with van der Waals surface area (Å²) in [6.45, 7) is 5.19. The number of H-pyrrole nitrogens is 1. The van der Waals surface area contributed by atoms with Gasteiger partial charge in [0.1, 0.15) is 18.3 Å². The summed E-state index contributed by atoms with van der Waals surface area (Å²) in [5.74, 6) is -0.633. The topological polar surface area (TPSA) is 152 Å². The Morgan fingerprint density at radius 3 is 2.89 bits per heavy atom. The number of imidazole rings is 1. The van der Waals surface area contributed by atoms with Crippen molar-refractivity contribution < 1.29 is 24.5 Å². The first-order valence-electron chi connectivity index (χ1n) is 8.71. The van der Waals surface area contributed by atoms with Gasteiger partial charge in [-0.1, -0.05) is 13.8 Å². The van der Waals surface area contributed by atoms with Crippen LogP contribution in [-0.2, 0) is 14.3 Å². The zero-order chi connectivity index (χ0) is 19.7. The Balaban J connectivity index is 1.99. The molecule has 3 rings (SSSR count). The molecule has 0 aromatic carbocycles. The van der Waals surface area contributed by atoms with Crippen molar-refractivity contribution in [2.24, 2.45) is 5.92 Å². The molecule has 1 aliphatic rings. The van der Waals surface area contributed by atoms with E-state index in [9.17, 15) is 19.8 Å². The molecule has 0 spiro atoms. The van der Waals surface area contributed by atoms with Crippen LogP contribution < -0.4 is 10.9 Å². The molecule has 0 aliphatic carbocycles. The maximum absolute atomic E-state index is 12.3. The van der Waals surface area contributed by atoms with E-state index < -0.39 is 30.1 Å². The minimum absolute atomic E-state index is 0.0273. The van der Waals surface area contributed by atoms with Crippen molar-refractivity contribution >= 4 is 23.0 Å². The summed E-state index contributed by atoms with van der Waals surface area (Å²) in [6.07, 6.45) is -2.20. The van der Waals surface area contributed by atoms with Gasteiger partial charge in [0.2, 0.25) is 11.9 Å². The van der Waals surface area contributed by atoms with Crippen LogP contribution in [0.3, 0.4) is 0 Å². The van der Waals surface area contributed by atoms with Crippen molar-refractivity contribution in [1.82, 2.24) is 19.5 Å². The Bertz CT molecular complexity index is 878. The molecular weight excluding hydrogens is 358 g/mol. The van der Waals surface area contributed by atoms with Gasteiger partial charge >= 0.3 is 0 Å². The molecule has 4 N–H and O–H groups in total. The van der Waals surface area contributed by atoms with Crippen molar-refractivity contribution in [3.63, 3.8) is 0 Å². The van der Waals surface area contributed by atoms with Gasteiger partial charge in [0, 0.05) is 12.5 Å². The molecule has 1 aliphatic heterocycles. The van der Waals surface area contributed by atoms with Gasteiger partial charge < -0.3 is 19.7 Å². The third-order valence-corrected chi connectivity index (χ3v) is 4.32. The lowest BCUT2D eigenvalue weighted by atomic mass is 10.1. The van der Waals surface area contributed by atoms with Crippen LogP contribution in [-0.4, -0.2) is 67.2 Å². The zero-order valence-corrected chi connectivity index (χ0v) is 15.2. The molecule has 0 saturated carbocycles. The lowest BCUT2D eigenvalue weighted by molar-refractivity contribution is -0.118. The number of rotatable bonds is 6. The fraction of sp³-hybridized carbons (Fsp3) is 0.625.